The van der Waals surface area contributed by atoms with Gasteiger partial charge in [0.2, 0.25) is 0 Å². The molecule has 0 spiro atoms. The molecule has 0 amide bonds. The first kappa shape index (κ1) is 10.1. The lowest BCUT2D eigenvalue weighted by Gasteiger charge is -2.00. The van der Waals surface area contributed by atoms with Crippen molar-refractivity contribution in [3.05, 3.63) is 34.3 Å². The molecule has 0 aliphatic rings. The van der Waals surface area contributed by atoms with Crippen molar-refractivity contribution in [2.45, 2.75) is 6.92 Å². The fourth-order valence-electron chi connectivity index (χ4n) is 0.807. The van der Waals surface area contributed by atoms with Gasteiger partial charge >= 0.3 is 0 Å². The van der Waals surface area contributed by atoms with Crippen molar-refractivity contribution >= 4 is 21.8 Å². The molecule has 1 rings (SSSR count). The van der Waals surface area contributed by atoms with Crippen LogP contribution in [0.2, 0.25) is 0 Å². The zero-order chi connectivity index (χ0) is 9.68. The standard InChI is InChI=1S/C9H11BrN2O/c1-2-13-12-9(11)7-3-5-8(10)6-4-7/h3-6H,2H2,1H3,(H2,11,12). The lowest BCUT2D eigenvalue weighted by Crippen LogP contribution is -2.13. The maximum absolute atomic E-state index is 5.64. The Kier molecular flexibility index (Phi) is 3.76. The summed E-state index contributed by atoms with van der Waals surface area (Å²) in [5.41, 5.74) is 6.50. The zero-order valence-electron chi connectivity index (χ0n) is 7.33. The molecular weight excluding hydrogens is 232 g/mol. The van der Waals surface area contributed by atoms with Gasteiger partial charge in [-0.1, -0.05) is 33.2 Å². The summed E-state index contributed by atoms with van der Waals surface area (Å²) in [7, 11) is 0. The molecule has 2 N–H and O–H groups in total. The van der Waals surface area contributed by atoms with E-state index in [2.05, 4.69) is 21.1 Å². The maximum Gasteiger partial charge on any atom is 0.170 e. The highest BCUT2D eigenvalue weighted by Crippen LogP contribution is 2.10. The van der Waals surface area contributed by atoms with Crippen LogP contribution in [-0.4, -0.2) is 12.4 Å². The summed E-state index contributed by atoms with van der Waals surface area (Å²) in [6.45, 7) is 2.38. The van der Waals surface area contributed by atoms with E-state index in [-0.39, 0.29) is 0 Å². The number of hydrogen-bond donors (Lipinski definition) is 1. The molecule has 1 aromatic rings. The molecule has 3 nitrogen and oxygen atoms in total. The lowest BCUT2D eigenvalue weighted by molar-refractivity contribution is 0.158. The highest BCUT2D eigenvalue weighted by molar-refractivity contribution is 9.10. The van der Waals surface area contributed by atoms with E-state index in [0.29, 0.717) is 12.4 Å². The molecule has 0 aromatic heterocycles. The molecule has 70 valence electrons. The van der Waals surface area contributed by atoms with Gasteiger partial charge in [0.25, 0.3) is 0 Å². The summed E-state index contributed by atoms with van der Waals surface area (Å²) >= 11 is 3.34. The second-order valence-corrected chi connectivity index (χ2v) is 3.32. The monoisotopic (exact) mass is 242 g/mol. The Morgan fingerprint density at radius 1 is 1.46 bits per heavy atom. The minimum atomic E-state index is 0.398. The molecule has 0 aliphatic heterocycles. The number of nitrogens with zero attached hydrogens (tertiary/aromatic N) is 1. The minimum Gasteiger partial charge on any atom is -0.394 e. The molecule has 1 aromatic carbocycles. The SMILES string of the molecule is CCON=C(N)c1ccc(Br)cc1. The van der Waals surface area contributed by atoms with Gasteiger partial charge in [0, 0.05) is 10.0 Å². The Hall–Kier alpha value is -1.03. The van der Waals surface area contributed by atoms with Crippen molar-refractivity contribution in [3.8, 4) is 0 Å². The summed E-state index contributed by atoms with van der Waals surface area (Å²) in [6.07, 6.45) is 0. The van der Waals surface area contributed by atoms with Gasteiger partial charge in [-0.2, -0.15) is 0 Å². The van der Waals surface area contributed by atoms with Crippen LogP contribution in [-0.2, 0) is 4.84 Å². The molecule has 0 saturated carbocycles. The summed E-state index contributed by atoms with van der Waals surface area (Å²) in [4.78, 5) is 4.83. The third-order valence-electron chi connectivity index (χ3n) is 1.43. The first-order chi connectivity index (χ1) is 6.24. The van der Waals surface area contributed by atoms with Gasteiger partial charge in [-0.3, -0.25) is 0 Å². The van der Waals surface area contributed by atoms with Crippen LogP contribution < -0.4 is 5.73 Å². The van der Waals surface area contributed by atoms with Crippen LogP contribution in [0.15, 0.2) is 33.9 Å². The minimum absolute atomic E-state index is 0.398. The lowest BCUT2D eigenvalue weighted by atomic mass is 10.2. The number of nitrogens with two attached hydrogens (primary N) is 1. The molecular formula is C9H11BrN2O. The van der Waals surface area contributed by atoms with E-state index >= 15 is 0 Å². The van der Waals surface area contributed by atoms with Gasteiger partial charge in [0.15, 0.2) is 5.84 Å². The number of hydrogen-bond acceptors (Lipinski definition) is 2. The van der Waals surface area contributed by atoms with Crippen LogP contribution in [0.5, 0.6) is 0 Å². The summed E-state index contributed by atoms with van der Waals surface area (Å²) < 4.78 is 1.01. The number of benzene rings is 1. The molecule has 13 heavy (non-hydrogen) atoms. The second kappa shape index (κ2) is 4.87. The fraction of sp³-hybridized carbons (Fsp3) is 0.222. The Morgan fingerprint density at radius 3 is 2.62 bits per heavy atom. The van der Waals surface area contributed by atoms with E-state index in [4.69, 9.17) is 10.6 Å². The van der Waals surface area contributed by atoms with Crippen LogP contribution in [0.1, 0.15) is 12.5 Å². The Labute approximate surface area is 85.7 Å². The zero-order valence-corrected chi connectivity index (χ0v) is 8.91. The second-order valence-electron chi connectivity index (χ2n) is 2.40. The predicted molar refractivity (Wildman–Crippen MR) is 56.5 cm³/mol. The van der Waals surface area contributed by atoms with Crippen LogP contribution in [0.4, 0.5) is 0 Å². The van der Waals surface area contributed by atoms with Gasteiger partial charge < -0.3 is 10.6 Å². The van der Waals surface area contributed by atoms with Crippen LogP contribution in [0.25, 0.3) is 0 Å². The number of rotatable bonds is 3. The summed E-state index contributed by atoms with van der Waals surface area (Å²) in [5.74, 6) is 0.398. The van der Waals surface area contributed by atoms with E-state index in [1.54, 1.807) is 0 Å². The Morgan fingerprint density at radius 2 is 2.08 bits per heavy atom. The molecule has 0 fully saturated rings. The number of amidine groups is 1. The van der Waals surface area contributed by atoms with Crippen molar-refractivity contribution in [2.24, 2.45) is 10.9 Å². The van der Waals surface area contributed by atoms with Crippen molar-refractivity contribution < 1.29 is 4.84 Å². The Bertz CT molecular complexity index is 295. The molecule has 0 unspecified atom stereocenters. The smallest absolute Gasteiger partial charge is 0.170 e. The topological polar surface area (TPSA) is 47.6 Å². The molecule has 0 aliphatic carbocycles. The van der Waals surface area contributed by atoms with Crippen LogP contribution >= 0.6 is 15.9 Å². The molecule has 0 heterocycles. The summed E-state index contributed by atoms with van der Waals surface area (Å²) in [5, 5.41) is 3.72. The first-order valence-corrected chi connectivity index (χ1v) is 4.74. The van der Waals surface area contributed by atoms with Crippen LogP contribution in [0, 0.1) is 0 Å². The third-order valence-corrected chi connectivity index (χ3v) is 1.96. The summed E-state index contributed by atoms with van der Waals surface area (Å²) in [6, 6.07) is 7.57. The number of oxime groups is 1. The van der Waals surface area contributed by atoms with E-state index in [0.717, 1.165) is 10.0 Å². The average Bonchev–Trinajstić information content (AvgIpc) is 2.15. The molecule has 0 radical (unpaired) electrons. The fourth-order valence-corrected chi connectivity index (χ4v) is 1.07. The normalized spacial score (nSPS) is 11.4. The van der Waals surface area contributed by atoms with E-state index in [9.17, 15) is 0 Å². The third kappa shape index (κ3) is 3.06. The van der Waals surface area contributed by atoms with Gasteiger partial charge in [-0.15, -0.1) is 0 Å². The largest absolute Gasteiger partial charge is 0.394 e. The first-order valence-electron chi connectivity index (χ1n) is 3.95. The van der Waals surface area contributed by atoms with Crippen molar-refractivity contribution in [2.75, 3.05) is 6.61 Å². The Balaban J connectivity index is 2.77. The molecule has 4 heteroatoms. The highest BCUT2D eigenvalue weighted by atomic mass is 79.9. The van der Waals surface area contributed by atoms with Crippen LogP contribution in [0.3, 0.4) is 0 Å². The van der Waals surface area contributed by atoms with Crippen molar-refractivity contribution in [1.82, 2.24) is 0 Å². The van der Waals surface area contributed by atoms with Crippen molar-refractivity contribution in [1.29, 1.82) is 0 Å². The van der Waals surface area contributed by atoms with E-state index in [1.807, 2.05) is 31.2 Å². The maximum atomic E-state index is 5.64. The highest BCUT2D eigenvalue weighted by Gasteiger charge is 1.97. The van der Waals surface area contributed by atoms with Gasteiger partial charge in [0.05, 0.1) is 0 Å². The molecule has 0 atom stereocenters. The van der Waals surface area contributed by atoms with E-state index in [1.165, 1.54) is 0 Å². The van der Waals surface area contributed by atoms with Gasteiger partial charge in [-0.05, 0) is 19.1 Å². The van der Waals surface area contributed by atoms with Gasteiger partial charge in [0.1, 0.15) is 6.61 Å². The molecule has 0 saturated heterocycles. The number of halogens is 1. The quantitative estimate of drug-likeness (QED) is 0.502. The molecule has 0 bridgehead atoms. The van der Waals surface area contributed by atoms with E-state index < -0.39 is 0 Å². The average molecular weight is 243 g/mol. The predicted octanol–water partition coefficient (Wildman–Crippen LogP) is 2.11. The van der Waals surface area contributed by atoms with Gasteiger partial charge in [-0.25, -0.2) is 0 Å². The van der Waals surface area contributed by atoms with Crippen molar-refractivity contribution in [3.63, 3.8) is 0 Å².